The Morgan fingerprint density at radius 1 is 1.37 bits per heavy atom. The predicted octanol–water partition coefficient (Wildman–Crippen LogP) is 0.0874. The Morgan fingerprint density at radius 2 is 2.11 bits per heavy atom. The lowest BCUT2D eigenvalue weighted by Crippen LogP contribution is -2.28. The first kappa shape index (κ1) is 11.9. The molecular formula is C13H13N3O3. The van der Waals surface area contributed by atoms with E-state index in [4.69, 9.17) is 5.11 Å². The number of benzene rings is 1. The number of hydrogen-bond donors (Lipinski definition) is 3. The van der Waals surface area contributed by atoms with E-state index in [1.54, 1.807) is 12.1 Å². The molecule has 19 heavy (non-hydrogen) atoms. The maximum absolute atomic E-state index is 11.3. The van der Waals surface area contributed by atoms with Gasteiger partial charge in [0.1, 0.15) is 6.61 Å². The monoisotopic (exact) mass is 259 g/mol. The second-order valence-corrected chi connectivity index (χ2v) is 4.71. The van der Waals surface area contributed by atoms with Crippen LogP contribution in [-0.4, -0.2) is 29.2 Å². The highest BCUT2D eigenvalue weighted by atomic mass is 16.3. The Hall–Kier alpha value is -2.21. The van der Waals surface area contributed by atoms with Crippen LogP contribution in [0.15, 0.2) is 29.4 Å². The van der Waals surface area contributed by atoms with Crippen LogP contribution in [0.2, 0.25) is 0 Å². The maximum Gasteiger partial charge on any atom is 0.250 e. The first-order chi connectivity index (χ1) is 9.19. The molecule has 98 valence electrons. The number of fused-ring (bicyclic) bond motifs is 1. The van der Waals surface area contributed by atoms with E-state index in [2.05, 4.69) is 15.8 Å². The van der Waals surface area contributed by atoms with Crippen molar-refractivity contribution in [1.29, 1.82) is 0 Å². The van der Waals surface area contributed by atoms with Crippen LogP contribution >= 0.6 is 0 Å². The van der Waals surface area contributed by atoms with E-state index in [-0.39, 0.29) is 17.7 Å². The van der Waals surface area contributed by atoms with Gasteiger partial charge in [-0.05, 0) is 24.1 Å². The van der Waals surface area contributed by atoms with Gasteiger partial charge in [-0.2, -0.15) is 5.10 Å². The van der Waals surface area contributed by atoms with Crippen LogP contribution in [0.3, 0.4) is 0 Å². The van der Waals surface area contributed by atoms with Crippen molar-refractivity contribution in [3.63, 3.8) is 0 Å². The maximum atomic E-state index is 11.3. The average Bonchev–Trinajstić information content (AvgIpc) is 3.21. The summed E-state index contributed by atoms with van der Waals surface area (Å²) in [5.74, 6) is -0.147. The molecule has 1 fully saturated rings. The molecule has 1 aliphatic heterocycles. The van der Waals surface area contributed by atoms with Gasteiger partial charge in [0.25, 0.3) is 0 Å². The largest absolute Gasteiger partial charge is 0.387 e. The molecule has 3 rings (SSSR count). The molecule has 2 aliphatic rings. The van der Waals surface area contributed by atoms with Crippen LogP contribution in [0, 0.1) is 11.8 Å². The number of hydrazone groups is 1. The number of aliphatic hydroxyl groups excluding tert-OH is 1. The summed E-state index contributed by atoms with van der Waals surface area (Å²) >= 11 is 0. The lowest BCUT2D eigenvalue weighted by Gasteiger charge is -2.12. The fraction of sp³-hybridized carbons (Fsp3) is 0.308. The summed E-state index contributed by atoms with van der Waals surface area (Å²) in [6.45, 7) is -0.537. The number of amides is 2. The zero-order valence-corrected chi connectivity index (χ0v) is 10.1. The normalized spacial score (nSPS) is 24.1. The fourth-order valence-electron chi connectivity index (χ4n) is 2.27. The molecule has 1 aliphatic carbocycles. The van der Waals surface area contributed by atoms with Gasteiger partial charge in [-0.1, -0.05) is 12.1 Å². The Balaban J connectivity index is 1.76. The highest BCUT2D eigenvalue weighted by Gasteiger charge is 2.49. The summed E-state index contributed by atoms with van der Waals surface area (Å²) in [4.78, 5) is 22.4. The smallest absolute Gasteiger partial charge is 0.250 e. The van der Waals surface area contributed by atoms with Gasteiger partial charge in [0, 0.05) is 17.5 Å². The first-order valence-electron chi connectivity index (χ1n) is 6.07. The Bertz CT molecular complexity index is 565. The summed E-state index contributed by atoms with van der Waals surface area (Å²) in [5.41, 5.74) is 4.98. The summed E-state index contributed by atoms with van der Waals surface area (Å²) in [7, 11) is 0. The van der Waals surface area contributed by atoms with Crippen molar-refractivity contribution in [2.24, 2.45) is 16.9 Å². The summed E-state index contributed by atoms with van der Waals surface area (Å²) in [5, 5.41) is 15.3. The lowest BCUT2D eigenvalue weighted by atomic mass is 10.0. The molecule has 0 saturated heterocycles. The zero-order valence-electron chi connectivity index (χ0n) is 10.1. The van der Waals surface area contributed by atoms with E-state index in [1.165, 1.54) is 0 Å². The molecule has 6 heteroatoms. The molecule has 2 amide bonds. The van der Waals surface area contributed by atoms with Crippen LogP contribution in [0.1, 0.15) is 12.0 Å². The van der Waals surface area contributed by atoms with E-state index in [0.717, 1.165) is 17.7 Å². The predicted molar refractivity (Wildman–Crippen MR) is 68.4 cm³/mol. The van der Waals surface area contributed by atoms with Gasteiger partial charge in [-0.25, -0.2) is 5.43 Å². The van der Waals surface area contributed by atoms with Gasteiger partial charge in [0.15, 0.2) is 0 Å². The third-order valence-electron chi connectivity index (χ3n) is 3.37. The van der Waals surface area contributed by atoms with Gasteiger partial charge >= 0.3 is 0 Å². The van der Waals surface area contributed by atoms with Crippen LogP contribution in [0.5, 0.6) is 0 Å². The molecule has 0 spiro atoms. The Morgan fingerprint density at radius 3 is 2.79 bits per heavy atom. The number of aliphatic hydroxyl groups is 1. The van der Waals surface area contributed by atoms with Crippen molar-refractivity contribution in [3.8, 4) is 0 Å². The van der Waals surface area contributed by atoms with Crippen molar-refractivity contribution in [3.05, 3.63) is 29.8 Å². The number of carbonyl (C=O) groups excluding carboxylic acids is 2. The van der Waals surface area contributed by atoms with Gasteiger partial charge in [-0.15, -0.1) is 0 Å². The molecular weight excluding hydrogens is 246 g/mol. The quantitative estimate of drug-likeness (QED) is 0.718. The molecule has 1 aromatic rings. The van der Waals surface area contributed by atoms with Crippen LogP contribution in [-0.2, 0) is 9.59 Å². The average molecular weight is 259 g/mol. The van der Waals surface area contributed by atoms with E-state index in [0.29, 0.717) is 5.69 Å². The van der Waals surface area contributed by atoms with E-state index >= 15 is 0 Å². The van der Waals surface area contributed by atoms with Crippen molar-refractivity contribution < 1.29 is 14.7 Å². The minimum absolute atomic E-state index is 0.000536. The lowest BCUT2D eigenvalue weighted by molar-refractivity contribution is -0.122. The molecule has 1 saturated carbocycles. The Kier molecular flexibility index (Phi) is 2.79. The van der Waals surface area contributed by atoms with Crippen molar-refractivity contribution >= 4 is 23.2 Å². The number of nitrogens with one attached hydrogen (secondary N) is 2. The van der Waals surface area contributed by atoms with E-state index < -0.39 is 12.5 Å². The van der Waals surface area contributed by atoms with E-state index in [9.17, 15) is 9.59 Å². The highest BCUT2D eigenvalue weighted by molar-refractivity contribution is 6.09. The molecule has 0 aromatic heterocycles. The van der Waals surface area contributed by atoms with Crippen molar-refractivity contribution in [2.45, 2.75) is 6.42 Å². The third-order valence-corrected chi connectivity index (χ3v) is 3.37. The van der Waals surface area contributed by atoms with Gasteiger partial charge < -0.3 is 10.4 Å². The number of rotatable bonds is 3. The number of carbonyl (C=O) groups is 2. The van der Waals surface area contributed by atoms with Crippen LogP contribution in [0.4, 0.5) is 5.69 Å². The van der Waals surface area contributed by atoms with Gasteiger partial charge in [0.05, 0.1) is 5.71 Å². The summed E-state index contributed by atoms with van der Waals surface area (Å²) in [6.07, 6.45) is 0.855. The van der Waals surface area contributed by atoms with Gasteiger partial charge in [0.2, 0.25) is 11.8 Å². The minimum atomic E-state index is -0.537. The van der Waals surface area contributed by atoms with Gasteiger partial charge in [-0.3, -0.25) is 9.59 Å². The topological polar surface area (TPSA) is 90.8 Å². The molecule has 0 radical (unpaired) electrons. The SMILES string of the molecule is O=C(CO)Nc1ccc(C2=NNC(=O)C3CC23)cc1. The molecule has 1 aromatic carbocycles. The first-order valence-corrected chi connectivity index (χ1v) is 6.07. The fourth-order valence-corrected chi connectivity index (χ4v) is 2.27. The standard InChI is InChI=1S/C13H13N3O3/c17-6-11(18)14-8-3-1-7(2-4-8)12-9-5-10(9)13(19)16-15-12/h1-4,9-10,17H,5-6H2,(H,14,18)(H,16,19). The molecule has 2 unspecified atom stereocenters. The number of nitrogens with zero attached hydrogens (tertiary/aromatic N) is 1. The van der Waals surface area contributed by atoms with Crippen LogP contribution < -0.4 is 10.7 Å². The van der Waals surface area contributed by atoms with Crippen molar-refractivity contribution in [1.82, 2.24) is 5.43 Å². The number of anilines is 1. The van der Waals surface area contributed by atoms with Crippen LogP contribution in [0.25, 0.3) is 0 Å². The molecule has 3 N–H and O–H groups in total. The summed E-state index contributed by atoms with van der Waals surface area (Å²) in [6, 6.07) is 7.19. The van der Waals surface area contributed by atoms with E-state index in [1.807, 2.05) is 12.1 Å². The summed E-state index contributed by atoms with van der Waals surface area (Å²) < 4.78 is 0. The second-order valence-electron chi connectivity index (χ2n) is 4.71. The molecule has 0 bridgehead atoms. The third kappa shape index (κ3) is 2.22. The Labute approximate surface area is 109 Å². The molecule has 1 heterocycles. The number of hydrogen-bond acceptors (Lipinski definition) is 4. The molecule has 2 atom stereocenters. The highest BCUT2D eigenvalue weighted by Crippen LogP contribution is 2.43. The molecule has 6 nitrogen and oxygen atoms in total. The zero-order chi connectivity index (χ0) is 13.4. The second kappa shape index (κ2) is 4.47. The van der Waals surface area contributed by atoms with Crippen molar-refractivity contribution in [2.75, 3.05) is 11.9 Å². The minimum Gasteiger partial charge on any atom is -0.387 e.